The fourth-order valence-electron chi connectivity index (χ4n) is 2.36. The second-order valence-corrected chi connectivity index (χ2v) is 5.98. The zero-order valence-electron chi connectivity index (χ0n) is 9.96. The van der Waals surface area contributed by atoms with Crippen LogP contribution in [-0.2, 0) is 4.74 Å². The fraction of sp³-hybridized carbons (Fsp3) is 0.750. The predicted octanol–water partition coefficient (Wildman–Crippen LogP) is 3.35. The Hall–Kier alpha value is -0.460. The monoisotopic (exact) mass is 225 g/mol. The number of hydrogen-bond acceptors (Lipinski definition) is 3. The van der Waals surface area contributed by atoms with Crippen molar-refractivity contribution in [1.82, 2.24) is 0 Å². The van der Waals surface area contributed by atoms with Gasteiger partial charge in [0.05, 0.1) is 17.6 Å². The molecule has 0 radical (unpaired) electrons. The highest BCUT2D eigenvalue weighted by Crippen LogP contribution is 2.41. The molecular formula is C12H19NOS. The maximum Gasteiger partial charge on any atom is 0.0945 e. The van der Waals surface area contributed by atoms with Gasteiger partial charge in [-0.05, 0) is 37.5 Å². The summed E-state index contributed by atoms with van der Waals surface area (Å²) in [7, 11) is 0. The molecule has 0 heterocycles. The Balaban J connectivity index is 2.85. The summed E-state index contributed by atoms with van der Waals surface area (Å²) in [6.45, 7) is 6.46. The summed E-state index contributed by atoms with van der Waals surface area (Å²) in [5.74, 6) is 0.682. The molecule has 0 bridgehead atoms. The molecule has 1 unspecified atom stereocenters. The lowest BCUT2D eigenvalue weighted by molar-refractivity contribution is -0.00510. The molecular weight excluding hydrogens is 206 g/mol. The second kappa shape index (κ2) is 4.59. The molecule has 0 N–H and O–H groups in total. The van der Waals surface area contributed by atoms with Crippen molar-refractivity contribution >= 4 is 11.8 Å². The molecule has 1 aliphatic rings. The van der Waals surface area contributed by atoms with E-state index in [-0.39, 0.29) is 11.0 Å². The van der Waals surface area contributed by atoms with E-state index in [2.05, 4.69) is 26.8 Å². The first kappa shape index (κ1) is 12.6. The highest BCUT2D eigenvalue weighted by Gasteiger charge is 2.37. The van der Waals surface area contributed by atoms with E-state index in [9.17, 15) is 0 Å². The summed E-state index contributed by atoms with van der Waals surface area (Å²) in [4.78, 5) is 0. The minimum absolute atomic E-state index is 0.160. The van der Waals surface area contributed by atoms with E-state index in [1.807, 2.05) is 12.3 Å². The molecule has 3 heteroatoms. The van der Waals surface area contributed by atoms with Gasteiger partial charge < -0.3 is 4.74 Å². The van der Waals surface area contributed by atoms with Crippen molar-refractivity contribution < 1.29 is 4.74 Å². The van der Waals surface area contributed by atoms with E-state index in [1.165, 1.54) is 0 Å². The molecule has 0 spiro atoms. The van der Waals surface area contributed by atoms with Crippen molar-refractivity contribution in [3.63, 3.8) is 0 Å². The predicted molar refractivity (Wildman–Crippen MR) is 64.6 cm³/mol. The molecule has 0 amide bonds. The maximum absolute atomic E-state index is 9.00. The van der Waals surface area contributed by atoms with E-state index in [4.69, 9.17) is 10.00 Å². The SMILES string of the molecule is CSCOC1(C)C=C(C#N)CC(C)(C)C1. The number of nitrogens with zero attached hydrogens (tertiary/aromatic N) is 1. The summed E-state index contributed by atoms with van der Waals surface area (Å²) in [6.07, 6.45) is 5.86. The lowest BCUT2D eigenvalue weighted by atomic mass is 9.71. The first-order valence-corrected chi connectivity index (χ1v) is 6.55. The normalized spacial score (nSPS) is 29.4. The highest BCUT2D eigenvalue weighted by molar-refractivity contribution is 7.98. The van der Waals surface area contributed by atoms with Crippen LogP contribution in [0.3, 0.4) is 0 Å². The third-order valence-corrected chi connectivity index (χ3v) is 2.98. The smallest absolute Gasteiger partial charge is 0.0945 e. The van der Waals surface area contributed by atoms with E-state index >= 15 is 0 Å². The summed E-state index contributed by atoms with van der Waals surface area (Å²) < 4.78 is 5.82. The van der Waals surface area contributed by atoms with Gasteiger partial charge in [0, 0.05) is 5.57 Å². The standard InChI is InChI=1S/C12H19NOS/c1-11(2)5-10(7-13)6-12(3,8-11)14-9-15-4/h6H,5,8-9H2,1-4H3. The molecule has 1 aliphatic carbocycles. The average molecular weight is 225 g/mol. The first-order valence-electron chi connectivity index (χ1n) is 5.15. The van der Waals surface area contributed by atoms with Crippen LogP contribution in [0, 0.1) is 16.7 Å². The van der Waals surface area contributed by atoms with Gasteiger partial charge in [0.1, 0.15) is 0 Å². The number of rotatable bonds is 3. The third-order valence-electron chi connectivity index (χ3n) is 2.63. The Morgan fingerprint density at radius 1 is 1.53 bits per heavy atom. The van der Waals surface area contributed by atoms with Crippen molar-refractivity contribution in [3.05, 3.63) is 11.6 Å². The van der Waals surface area contributed by atoms with Gasteiger partial charge in [-0.3, -0.25) is 0 Å². The maximum atomic E-state index is 9.00. The molecule has 1 atom stereocenters. The van der Waals surface area contributed by atoms with Crippen LogP contribution in [-0.4, -0.2) is 17.8 Å². The number of allylic oxidation sites excluding steroid dienone is 1. The minimum Gasteiger partial charge on any atom is -0.361 e. The van der Waals surface area contributed by atoms with Crippen LogP contribution in [0.2, 0.25) is 0 Å². The van der Waals surface area contributed by atoms with Gasteiger partial charge in [-0.2, -0.15) is 5.26 Å². The van der Waals surface area contributed by atoms with Crippen molar-refractivity contribution in [2.24, 2.45) is 5.41 Å². The van der Waals surface area contributed by atoms with Gasteiger partial charge >= 0.3 is 0 Å². The lowest BCUT2D eigenvalue weighted by Crippen LogP contribution is -2.36. The van der Waals surface area contributed by atoms with Crippen LogP contribution in [0.4, 0.5) is 0 Å². The molecule has 1 rings (SSSR count). The lowest BCUT2D eigenvalue weighted by Gasteiger charge is -2.39. The molecule has 0 saturated heterocycles. The first-order chi connectivity index (χ1) is 6.91. The van der Waals surface area contributed by atoms with Gasteiger partial charge in [0.2, 0.25) is 0 Å². The van der Waals surface area contributed by atoms with Crippen LogP contribution >= 0.6 is 11.8 Å². The van der Waals surface area contributed by atoms with Crippen molar-refractivity contribution in [2.75, 3.05) is 12.2 Å². The average Bonchev–Trinajstić information content (AvgIpc) is 2.12. The Morgan fingerprint density at radius 3 is 2.73 bits per heavy atom. The van der Waals surface area contributed by atoms with E-state index in [0.29, 0.717) is 5.94 Å². The third kappa shape index (κ3) is 3.55. The van der Waals surface area contributed by atoms with E-state index in [1.54, 1.807) is 11.8 Å². The molecule has 84 valence electrons. The van der Waals surface area contributed by atoms with Gasteiger partial charge in [-0.1, -0.05) is 13.8 Å². The Kier molecular flexibility index (Phi) is 3.86. The molecule has 0 fully saturated rings. The van der Waals surface area contributed by atoms with Crippen LogP contribution in [0.25, 0.3) is 0 Å². The zero-order chi connectivity index (χ0) is 11.5. The number of hydrogen-bond donors (Lipinski definition) is 0. The van der Waals surface area contributed by atoms with Gasteiger partial charge in [-0.25, -0.2) is 0 Å². The van der Waals surface area contributed by atoms with Gasteiger partial charge in [-0.15, -0.1) is 11.8 Å². The Labute approximate surface area is 96.7 Å². The molecule has 0 aromatic heterocycles. The van der Waals surface area contributed by atoms with Crippen molar-refractivity contribution in [2.45, 2.75) is 39.2 Å². The molecule has 0 saturated carbocycles. The second-order valence-electron chi connectivity index (χ2n) is 5.16. The highest BCUT2D eigenvalue weighted by atomic mass is 32.2. The summed E-state index contributed by atoms with van der Waals surface area (Å²) in [6, 6.07) is 2.27. The fourth-order valence-corrected chi connectivity index (χ4v) is 2.74. The van der Waals surface area contributed by atoms with Crippen LogP contribution in [0.15, 0.2) is 11.6 Å². The summed E-state index contributed by atoms with van der Waals surface area (Å²) in [5.41, 5.74) is 0.748. The van der Waals surface area contributed by atoms with Crippen molar-refractivity contribution in [1.29, 1.82) is 5.26 Å². The topological polar surface area (TPSA) is 33.0 Å². The minimum atomic E-state index is -0.268. The molecule has 0 aliphatic heterocycles. The quantitative estimate of drug-likeness (QED) is 0.691. The van der Waals surface area contributed by atoms with Crippen LogP contribution in [0.1, 0.15) is 33.6 Å². The summed E-state index contributed by atoms with van der Waals surface area (Å²) in [5, 5.41) is 9.00. The molecule has 0 aromatic carbocycles. The number of thioether (sulfide) groups is 1. The van der Waals surface area contributed by atoms with Gasteiger partial charge in [0.25, 0.3) is 0 Å². The van der Waals surface area contributed by atoms with E-state index < -0.39 is 0 Å². The van der Waals surface area contributed by atoms with Crippen LogP contribution in [0.5, 0.6) is 0 Å². The number of nitriles is 1. The van der Waals surface area contributed by atoms with Crippen LogP contribution < -0.4 is 0 Å². The molecule has 0 aromatic rings. The Morgan fingerprint density at radius 2 is 2.20 bits per heavy atom. The largest absolute Gasteiger partial charge is 0.361 e. The number of ether oxygens (including phenoxy) is 1. The van der Waals surface area contributed by atoms with Crippen molar-refractivity contribution in [3.8, 4) is 6.07 Å². The Bertz CT molecular complexity index is 303. The zero-order valence-corrected chi connectivity index (χ0v) is 10.8. The summed E-state index contributed by atoms with van der Waals surface area (Å²) >= 11 is 1.67. The van der Waals surface area contributed by atoms with E-state index in [0.717, 1.165) is 18.4 Å². The molecule has 2 nitrogen and oxygen atoms in total. The molecule has 15 heavy (non-hydrogen) atoms. The van der Waals surface area contributed by atoms with Gasteiger partial charge in [0.15, 0.2) is 0 Å².